The third-order valence-corrected chi connectivity index (χ3v) is 5.22. The molecule has 2 N–H and O–H groups in total. The second-order valence-electron chi connectivity index (χ2n) is 6.23. The summed E-state index contributed by atoms with van der Waals surface area (Å²) in [5.41, 5.74) is 3.04. The third-order valence-electron chi connectivity index (χ3n) is 4.13. The molecule has 0 aliphatic rings. The van der Waals surface area contributed by atoms with E-state index < -0.39 is 21.7 Å². The summed E-state index contributed by atoms with van der Waals surface area (Å²) in [5, 5.41) is 11.5. The Hall–Kier alpha value is -2.67. The van der Waals surface area contributed by atoms with E-state index >= 15 is 0 Å². The molecule has 138 valence electrons. The number of carbonyl (C=O) groups is 2. The molecule has 0 aromatic heterocycles. The number of nitrogens with one attached hydrogen (secondary N) is 1. The molecule has 0 radical (unpaired) electrons. The molecule has 26 heavy (non-hydrogen) atoms. The summed E-state index contributed by atoms with van der Waals surface area (Å²) < 4.78 is 23.6. The fourth-order valence-corrected chi connectivity index (χ4v) is 3.25. The van der Waals surface area contributed by atoms with Crippen molar-refractivity contribution in [1.29, 1.82) is 0 Å². The number of carboxylic acid groups (broad SMARTS) is 1. The molecule has 0 atom stereocenters. The summed E-state index contributed by atoms with van der Waals surface area (Å²) >= 11 is 0. The number of aliphatic carboxylic acids is 1. The summed E-state index contributed by atoms with van der Waals surface area (Å²) in [5.74, 6) is -1.30. The summed E-state index contributed by atoms with van der Waals surface area (Å²) in [7, 11) is -3.43. The topological polar surface area (TPSA) is 101 Å². The van der Waals surface area contributed by atoms with Crippen LogP contribution in [0.15, 0.2) is 41.3 Å². The lowest BCUT2D eigenvalue weighted by atomic mass is 10.0. The number of rotatable bonds is 6. The van der Waals surface area contributed by atoms with Gasteiger partial charge in [0.15, 0.2) is 9.84 Å². The molecular formula is C19H21NO5S. The van der Waals surface area contributed by atoms with E-state index in [0.717, 1.165) is 11.8 Å². The van der Waals surface area contributed by atoms with Crippen molar-refractivity contribution in [1.82, 2.24) is 0 Å². The molecule has 0 saturated carbocycles. The van der Waals surface area contributed by atoms with Gasteiger partial charge < -0.3 is 10.4 Å². The number of anilines is 1. The summed E-state index contributed by atoms with van der Waals surface area (Å²) in [4.78, 5) is 23.4. The highest BCUT2D eigenvalue weighted by Gasteiger charge is 2.17. The van der Waals surface area contributed by atoms with Crippen LogP contribution in [-0.2, 0) is 21.1 Å². The first-order valence-corrected chi connectivity index (χ1v) is 9.90. The lowest BCUT2D eigenvalue weighted by Crippen LogP contribution is -2.15. The molecule has 1 amide bonds. The molecule has 0 bridgehead atoms. The Morgan fingerprint density at radius 3 is 2.42 bits per heavy atom. The standard InChI is InChI=1S/C19H21NO5S/c1-12-9-16(26(3,24)25)11-17(13(12)2)19(23)20-15-6-4-5-14(10-15)7-8-18(21)22/h4-6,9-11H,7-8H2,1-3H3,(H,20,23)(H,21,22). The van der Waals surface area contributed by atoms with Gasteiger partial charge in [-0.3, -0.25) is 9.59 Å². The van der Waals surface area contributed by atoms with Gasteiger partial charge in [0.05, 0.1) is 4.90 Å². The van der Waals surface area contributed by atoms with Crippen LogP contribution in [0, 0.1) is 13.8 Å². The number of carbonyl (C=O) groups excluding carboxylic acids is 1. The predicted molar refractivity (Wildman–Crippen MR) is 99.4 cm³/mol. The molecule has 2 aromatic carbocycles. The Bertz CT molecular complexity index is 964. The van der Waals surface area contributed by atoms with Crippen molar-refractivity contribution in [2.24, 2.45) is 0 Å². The van der Waals surface area contributed by atoms with E-state index in [2.05, 4.69) is 5.32 Å². The quantitative estimate of drug-likeness (QED) is 0.808. The van der Waals surface area contributed by atoms with Gasteiger partial charge in [-0.1, -0.05) is 12.1 Å². The average Bonchev–Trinajstić information content (AvgIpc) is 2.54. The number of hydrogen-bond donors (Lipinski definition) is 2. The largest absolute Gasteiger partial charge is 0.481 e. The molecule has 0 saturated heterocycles. The van der Waals surface area contributed by atoms with Gasteiger partial charge in [0.25, 0.3) is 5.91 Å². The molecular weight excluding hydrogens is 354 g/mol. The van der Waals surface area contributed by atoms with E-state index in [9.17, 15) is 18.0 Å². The maximum atomic E-state index is 12.6. The summed E-state index contributed by atoms with van der Waals surface area (Å²) in [6, 6.07) is 9.86. The number of hydrogen-bond acceptors (Lipinski definition) is 4. The maximum Gasteiger partial charge on any atom is 0.303 e. The van der Waals surface area contributed by atoms with Crippen LogP contribution in [0.25, 0.3) is 0 Å². The predicted octanol–water partition coefficient (Wildman–Crippen LogP) is 2.98. The van der Waals surface area contributed by atoms with Crippen molar-refractivity contribution in [2.45, 2.75) is 31.6 Å². The minimum absolute atomic E-state index is 0.00606. The van der Waals surface area contributed by atoms with Crippen molar-refractivity contribution < 1.29 is 23.1 Å². The number of amides is 1. The Morgan fingerprint density at radius 1 is 1.12 bits per heavy atom. The van der Waals surface area contributed by atoms with Gasteiger partial charge in [-0.25, -0.2) is 8.42 Å². The van der Waals surface area contributed by atoms with Crippen molar-refractivity contribution in [3.63, 3.8) is 0 Å². The first-order chi connectivity index (χ1) is 12.1. The maximum absolute atomic E-state index is 12.6. The van der Waals surface area contributed by atoms with Crippen LogP contribution in [0.2, 0.25) is 0 Å². The van der Waals surface area contributed by atoms with Crippen molar-refractivity contribution in [3.8, 4) is 0 Å². The van der Waals surface area contributed by atoms with Crippen molar-refractivity contribution >= 4 is 27.4 Å². The zero-order valence-electron chi connectivity index (χ0n) is 14.9. The van der Waals surface area contributed by atoms with Crippen LogP contribution in [0.1, 0.15) is 33.5 Å². The van der Waals surface area contributed by atoms with Gasteiger partial charge in [0, 0.05) is 23.9 Å². The van der Waals surface area contributed by atoms with E-state index in [-0.39, 0.29) is 11.3 Å². The average molecular weight is 375 g/mol. The fraction of sp³-hybridized carbons (Fsp3) is 0.263. The third kappa shape index (κ3) is 4.92. The Labute approximate surface area is 152 Å². The van der Waals surface area contributed by atoms with Crippen LogP contribution in [0.5, 0.6) is 0 Å². The number of benzene rings is 2. The zero-order chi connectivity index (χ0) is 19.5. The monoisotopic (exact) mass is 375 g/mol. The second kappa shape index (κ2) is 7.70. The Balaban J connectivity index is 2.29. The highest BCUT2D eigenvalue weighted by Crippen LogP contribution is 2.22. The minimum atomic E-state index is -3.43. The number of carboxylic acids is 1. The van der Waals surface area contributed by atoms with E-state index in [4.69, 9.17) is 5.11 Å². The van der Waals surface area contributed by atoms with Crippen LogP contribution < -0.4 is 5.32 Å². The van der Waals surface area contributed by atoms with Crippen LogP contribution >= 0.6 is 0 Å². The van der Waals surface area contributed by atoms with Gasteiger partial charge in [0.2, 0.25) is 0 Å². The molecule has 2 rings (SSSR count). The SMILES string of the molecule is Cc1cc(S(C)(=O)=O)cc(C(=O)Nc2cccc(CCC(=O)O)c2)c1C. The van der Waals surface area contributed by atoms with Gasteiger partial charge in [-0.2, -0.15) is 0 Å². The number of aryl methyl sites for hydroxylation is 2. The van der Waals surface area contributed by atoms with Gasteiger partial charge in [-0.15, -0.1) is 0 Å². The Morgan fingerprint density at radius 2 is 1.81 bits per heavy atom. The fourth-order valence-electron chi connectivity index (χ4n) is 2.53. The van der Waals surface area contributed by atoms with Gasteiger partial charge >= 0.3 is 5.97 Å². The van der Waals surface area contributed by atoms with Crippen LogP contribution in [-0.4, -0.2) is 31.7 Å². The smallest absolute Gasteiger partial charge is 0.303 e. The summed E-state index contributed by atoms with van der Waals surface area (Å²) in [6.07, 6.45) is 1.47. The normalized spacial score (nSPS) is 11.2. The van der Waals surface area contributed by atoms with Gasteiger partial charge in [0.1, 0.15) is 0 Å². The molecule has 0 aliphatic heterocycles. The zero-order valence-corrected chi connectivity index (χ0v) is 15.7. The summed E-state index contributed by atoms with van der Waals surface area (Å²) in [6.45, 7) is 3.52. The molecule has 7 heteroatoms. The first kappa shape index (κ1) is 19.7. The molecule has 0 unspecified atom stereocenters. The number of sulfone groups is 1. The lowest BCUT2D eigenvalue weighted by molar-refractivity contribution is -0.136. The molecule has 6 nitrogen and oxygen atoms in total. The molecule has 0 spiro atoms. The molecule has 0 fully saturated rings. The highest BCUT2D eigenvalue weighted by molar-refractivity contribution is 7.90. The van der Waals surface area contributed by atoms with Crippen molar-refractivity contribution in [3.05, 3.63) is 58.7 Å². The van der Waals surface area contributed by atoms with Crippen LogP contribution in [0.4, 0.5) is 5.69 Å². The van der Waals surface area contributed by atoms with E-state index in [0.29, 0.717) is 28.8 Å². The molecule has 2 aromatic rings. The van der Waals surface area contributed by atoms with Crippen molar-refractivity contribution in [2.75, 3.05) is 11.6 Å². The highest BCUT2D eigenvalue weighted by atomic mass is 32.2. The Kier molecular flexibility index (Phi) is 5.82. The first-order valence-electron chi connectivity index (χ1n) is 8.01. The molecule has 0 aliphatic carbocycles. The van der Waals surface area contributed by atoms with E-state index in [1.165, 1.54) is 6.07 Å². The van der Waals surface area contributed by atoms with E-state index in [1.807, 2.05) is 0 Å². The van der Waals surface area contributed by atoms with Gasteiger partial charge in [-0.05, 0) is 61.2 Å². The van der Waals surface area contributed by atoms with Crippen LogP contribution in [0.3, 0.4) is 0 Å². The second-order valence-corrected chi connectivity index (χ2v) is 8.25. The lowest BCUT2D eigenvalue weighted by Gasteiger charge is -2.12. The minimum Gasteiger partial charge on any atom is -0.481 e. The molecule has 0 heterocycles. The van der Waals surface area contributed by atoms with E-state index in [1.54, 1.807) is 44.2 Å².